The average Bonchev–Trinajstić information content (AvgIpc) is 3.08. The van der Waals surface area contributed by atoms with Crippen molar-refractivity contribution in [3.05, 3.63) is 35.7 Å². The number of aromatic nitrogens is 2. The maximum Gasteiger partial charge on any atom is 0.261 e. The Morgan fingerprint density at radius 2 is 2.10 bits per heavy atom. The molecule has 0 amide bonds. The number of thiophene rings is 1. The van der Waals surface area contributed by atoms with Crippen molar-refractivity contribution in [2.45, 2.75) is 6.92 Å². The third-order valence-electron chi connectivity index (χ3n) is 2.78. The van der Waals surface area contributed by atoms with Gasteiger partial charge in [-0.1, -0.05) is 17.3 Å². The van der Waals surface area contributed by atoms with Crippen LogP contribution in [0.2, 0.25) is 0 Å². The number of benzene rings is 1. The predicted molar refractivity (Wildman–Crippen MR) is 78.6 cm³/mol. The van der Waals surface area contributed by atoms with E-state index in [1.54, 1.807) is 0 Å². The highest BCUT2D eigenvalue weighted by Crippen LogP contribution is 2.33. The zero-order chi connectivity index (χ0) is 13.9. The zero-order valence-electron chi connectivity index (χ0n) is 10.9. The minimum atomic E-state index is 0.421. The lowest BCUT2D eigenvalue weighted by atomic mass is 10.2. The van der Waals surface area contributed by atoms with Crippen LogP contribution in [0.25, 0.3) is 22.8 Å². The third kappa shape index (κ3) is 2.25. The van der Waals surface area contributed by atoms with E-state index in [4.69, 9.17) is 15.0 Å². The van der Waals surface area contributed by atoms with Gasteiger partial charge in [0.2, 0.25) is 5.82 Å². The molecule has 5 nitrogen and oxygen atoms in total. The Balaban J connectivity index is 2.00. The minimum Gasteiger partial charge on any atom is -0.493 e. The van der Waals surface area contributed by atoms with E-state index >= 15 is 0 Å². The van der Waals surface area contributed by atoms with Gasteiger partial charge in [-0.3, -0.25) is 0 Å². The van der Waals surface area contributed by atoms with Gasteiger partial charge in [0.05, 0.1) is 22.7 Å². The second-order valence-electron chi connectivity index (χ2n) is 4.05. The largest absolute Gasteiger partial charge is 0.493 e. The summed E-state index contributed by atoms with van der Waals surface area (Å²) in [7, 11) is 0. The van der Waals surface area contributed by atoms with Crippen molar-refractivity contribution in [2.75, 3.05) is 12.3 Å². The molecule has 2 N–H and O–H groups in total. The SMILES string of the molecule is CCOc1ccccc1-c1noc(-c2ccsc2N)n1. The number of nitrogens with zero attached hydrogens (tertiary/aromatic N) is 2. The quantitative estimate of drug-likeness (QED) is 0.795. The molecule has 3 aromatic rings. The fraction of sp³-hybridized carbons (Fsp3) is 0.143. The molecule has 0 unspecified atom stereocenters. The van der Waals surface area contributed by atoms with Crippen LogP contribution in [0.15, 0.2) is 40.2 Å². The Hall–Kier alpha value is -2.34. The first-order valence-electron chi connectivity index (χ1n) is 6.19. The summed E-state index contributed by atoms with van der Waals surface area (Å²) >= 11 is 1.44. The van der Waals surface area contributed by atoms with Crippen molar-refractivity contribution in [1.82, 2.24) is 10.1 Å². The number of anilines is 1. The molecule has 0 aliphatic rings. The summed E-state index contributed by atoms with van der Waals surface area (Å²) in [6, 6.07) is 9.47. The van der Waals surface area contributed by atoms with E-state index in [0.29, 0.717) is 23.3 Å². The van der Waals surface area contributed by atoms with E-state index < -0.39 is 0 Å². The summed E-state index contributed by atoms with van der Waals surface area (Å²) < 4.78 is 10.9. The summed E-state index contributed by atoms with van der Waals surface area (Å²) in [4.78, 5) is 4.40. The molecule has 0 radical (unpaired) electrons. The molecule has 2 aromatic heterocycles. The summed E-state index contributed by atoms with van der Waals surface area (Å²) in [5.74, 6) is 1.65. The van der Waals surface area contributed by atoms with Crippen LogP contribution in [0, 0.1) is 0 Å². The van der Waals surface area contributed by atoms with Gasteiger partial charge in [0.1, 0.15) is 5.75 Å². The van der Waals surface area contributed by atoms with E-state index in [1.807, 2.05) is 42.6 Å². The molecular weight excluding hydrogens is 274 g/mol. The van der Waals surface area contributed by atoms with Gasteiger partial charge in [-0.2, -0.15) is 4.98 Å². The van der Waals surface area contributed by atoms with Crippen LogP contribution in [0.3, 0.4) is 0 Å². The Labute approximate surface area is 120 Å². The number of nitrogens with two attached hydrogens (primary N) is 1. The Bertz CT molecular complexity index is 721. The van der Waals surface area contributed by atoms with Crippen LogP contribution in [-0.4, -0.2) is 16.7 Å². The lowest BCUT2D eigenvalue weighted by molar-refractivity contribution is 0.341. The van der Waals surface area contributed by atoms with Crippen molar-refractivity contribution in [3.8, 4) is 28.6 Å². The minimum absolute atomic E-state index is 0.421. The Morgan fingerprint density at radius 1 is 1.25 bits per heavy atom. The van der Waals surface area contributed by atoms with Gasteiger partial charge in [0.15, 0.2) is 0 Å². The van der Waals surface area contributed by atoms with Crippen LogP contribution >= 0.6 is 11.3 Å². The second kappa shape index (κ2) is 5.34. The molecule has 3 rings (SSSR count). The molecule has 0 bridgehead atoms. The van der Waals surface area contributed by atoms with Gasteiger partial charge >= 0.3 is 0 Å². The van der Waals surface area contributed by atoms with Crippen LogP contribution < -0.4 is 10.5 Å². The van der Waals surface area contributed by atoms with Crippen molar-refractivity contribution < 1.29 is 9.26 Å². The first kappa shape index (κ1) is 12.7. The number of nitrogen functional groups attached to an aromatic ring is 1. The smallest absolute Gasteiger partial charge is 0.261 e. The fourth-order valence-corrected chi connectivity index (χ4v) is 2.51. The number of hydrogen-bond acceptors (Lipinski definition) is 6. The first-order valence-corrected chi connectivity index (χ1v) is 7.06. The molecule has 0 atom stereocenters. The lowest BCUT2D eigenvalue weighted by Crippen LogP contribution is -1.94. The number of hydrogen-bond donors (Lipinski definition) is 1. The van der Waals surface area contributed by atoms with Gasteiger partial charge in [-0.25, -0.2) is 0 Å². The number of rotatable bonds is 4. The van der Waals surface area contributed by atoms with Crippen molar-refractivity contribution in [2.24, 2.45) is 0 Å². The number of ether oxygens (including phenoxy) is 1. The van der Waals surface area contributed by atoms with Crippen molar-refractivity contribution >= 4 is 16.3 Å². The van der Waals surface area contributed by atoms with Gasteiger partial charge in [0.25, 0.3) is 5.89 Å². The molecule has 6 heteroatoms. The maximum absolute atomic E-state index is 5.86. The van der Waals surface area contributed by atoms with E-state index in [-0.39, 0.29) is 0 Å². The third-order valence-corrected chi connectivity index (χ3v) is 3.53. The highest BCUT2D eigenvalue weighted by molar-refractivity contribution is 7.14. The van der Waals surface area contributed by atoms with Gasteiger partial charge in [-0.05, 0) is 30.5 Å². The van der Waals surface area contributed by atoms with E-state index in [9.17, 15) is 0 Å². The highest BCUT2D eigenvalue weighted by Gasteiger charge is 2.16. The van der Waals surface area contributed by atoms with Crippen LogP contribution in [0.4, 0.5) is 5.00 Å². The normalized spacial score (nSPS) is 10.7. The van der Waals surface area contributed by atoms with Gasteiger partial charge < -0.3 is 15.0 Å². The molecule has 20 heavy (non-hydrogen) atoms. The van der Waals surface area contributed by atoms with E-state index in [1.165, 1.54) is 11.3 Å². The number of para-hydroxylation sites is 1. The Morgan fingerprint density at radius 3 is 2.85 bits per heavy atom. The molecule has 2 heterocycles. The molecule has 0 aliphatic heterocycles. The van der Waals surface area contributed by atoms with Crippen LogP contribution in [0.1, 0.15) is 6.92 Å². The van der Waals surface area contributed by atoms with Crippen LogP contribution in [0.5, 0.6) is 5.75 Å². The van der Waals surface area contributed by atoms with E-state index in [2.05, 4.69) is 10.1 Å². The van der Waals surface area contributed by atoms with Crippen molar-refractivity contribution in [1.29, 1.82) is 0 Å². The Kier molecular flexibility index (Phi) is 3.39. The summed E-state index contributed by atoms with van der Waals surface area (Å²) in [5.41, 5.74) is 7.43. The summed E-state index contributed by atoms with van der Waals surface area (Å²) in [6.45, 7) is 2.52. The highest BCUT2D eigenvalue weighted by atomic mass is 32.1. The monoisotopic (exact) mass is 287 g/mol. The molecule has 0 saturated carbocycles. The zero-order valence-corrected chi connectivity index (χ0v) is 11.7. The second-order valence-corrected chi connectivity index (χ2v) is 5.00. The lowest BCUT2D eigenvalue weighted by Gasteiger charge is -2.05. The standard InChI is InChI=1S/C14H13N3O2S/c1-2-18-11-6-4-3-5-9(11)13-16-14(19-17-13)10-7-8-20-12(10)15/h3-8H,2,15H2,1H3. The molecule has 0 aliphatic carbocycles. The molecule has 0 fully saturated rings. The summed E-state index contributed by atoms with van der Waals surface area (Å²) in [5, 5.41) is 6.57. The molecule has 1 aromatic carbocycles. The molecule has 0 saturated heterocycles. The van der Waals surface area contributed by atoms with Crippen molar-refractivity contribution in [3.63, 3.8) is 0 Å². The molecule has 102 valence electrons. The van der Waals surface area contributed by atoms with Crippen LogP contribution in [-0.2, 0) is 0 Å². The summed E-state index contributed by atoms with van der Waals surface area (Å²) in [6.07, 6.45) is 0. The molecule has 0 spiro atoms. The fourth-order valence-electron chi connectivity index (χ4n) is 1.87. The average molecular weight is 287 g/mol. The van der Waals surface area contributed by atoms with Gasteiger partial charge in [0, 0.05) is 0 Å². The topological polar surface area (TPSA) is 74.2 Å². The maximum atomic E-state index is 5.86. The first-order chi connectivity index (χ1) is 9.79. The molecular formula is C14H13N3O2S. The van der Waals surface area contributed by atoms with E-state index in [0.717, 1.165) is 16.9 Å². The van der Waals surface area contributed by atoms with Gasteiger partial charge in [-0.15, -0.1) is 11.3 Å². The predicted octanol–water partition coefficient (Wildman–Crippen LogP) is 3.45.